The van der Waals surface area contributed by atoms with Crippen molar-refractivity contribution in [2.75, 3.05) is 19.6 Å². The van der Waals surface area contributed by atoms with Gasteiger partial charge in [0.1, 0.15) is 11.6 Å². The molecule has 0 unspecified atom stereocenters. The predicted molar refractivity (Wildman–Crippen MR) is 71.2 cm³/mol. The Labute approximate surface area is 106 Å². The van der Waals surface area contributed by atoms with E-state index in [-0.39, 0.29) is 0 Å². The molecule has 0 aliphatic carbocycles. The molecule has 0 rings (SSSR count). The van der Waals surface area contributed by atoms with Gasteiger partial charge in [-0.05, 0) is 25.9 Å². The average Bonchev–Trinajstić information content (AvgIpc) is 2.33. The minimum absolute atomic E-state index is 0.325. The maximum atomic E-state index is 11.4. The van der Waals surface area contributed by atoms with Crippen LogP contribution in [0.3, 0.4) is 0 Å². The van der Waals surface area contributed by atoms with Crippen molar-refractivity contribution in [2.24, 2.45) is 0 Å². The molecule has 0 saturated carbocycles. The molecule has 3 nitrogen and oxygen atoms in total. The second-order valence-corrected chi connectivity index (χ2v) is 4.47. The lowest BCUT2D eigenvalue weighted by Crippen LogP contribution is -2.27. The van der Waals surface area contributed by atoms with E-state index in [1.165, 1.54) is 0 Å². The Kier molecular flexibility index (Phi) is 10.0. The molecule has 0 atom stereocenters. The van der Waals surface area contributed by atoms with Crippen molar-refractivity contribution in [1.29, 1.82) is 0 Å². The molecule has 0 saturated heterocycles. The molecule has 17 heavy (non-hydrogen) atoms. The molecular formula is C14H27NO2. The van der Waals surface area contributed by atoms with Crippen LogP contribution in [-0.2, 0) is 9.59 Å². The summed E-state index contributed by atoms with van der Waals surface area (Å²) in [5, 5.41) is 0. The van der Waals surface area contributed by atoms with Crippen LogP contribution in [0.2, 0.25) is 0 Å². The highest BCUT2D eigenvalue weighted by Gasteiger charge is 2.06. The SMILES string of the molecule is CCCC(=O)CCCN(CC)CCC(=O)CC. The number of carbonyl (C=O) groups excluding carboxylic acids is 2. The summed E-state index contributed by atoms with van der Waals surface area (Å²) in [7, 11) is 0. The molecule has 0 bridgehead atoms. The van der Waals surface area contributed by atoms with Crippen LogP contribution in [-0.4, -0.2) is 36.1 Å². The van der Waals surface area contributed by atoms with Crippen molar-refractivity contribution in [1.82, 2.24) is 4.90 Å². The smallest absolute Gasteiger partial charge is 0.133 e. The molecule has 0 spiro atoms. The van der Waals surface area contributed by atoms with Gasteiger partial charge in [-0.2, -0.15) is 0 Å². The molecule has 0 fully saturated rings. The van der Waals surface area contributed by atoms with Crippen LogP contribution >= 0.6 is 0 Å². The van der Waals surface area contributed by atoms with Crippen molar-refractivity contribution in [2.45, 2.75) is 59.3 Å². The van der Waals surface area contributed by atoms with Crippen molar-refractivity contribution in [3.63, 3.8) is 0 Å². The Balaban J connectivity index is 3.67. The minimum Gasteiger partial charge on any atom is -0.303 e. The summed E-state index contributed by atoms with van der Waals surface area (Å²) in [4.78, 5) is 24.8. The molecule has 0 aliphatic heterocycles. The highest BCUT2D eigenvalue weighted by atomic mass is 16.1. The van der Waals surface area contributed by atoms with E-state index < -0.39 is 0 Å². The van der Waals surface area contributed by atoms with E-state index in [0.29, 0.717) is 37.2 Å². The van der Waals surface area contributed by atoms with Gasteiger partial charge in [-0.1, -0.05) is 20.8 Å². The number of rotatable bonds is 11. The summed E-state index contributed by atoms with van der Waals surface area (Å²) in [6.07, 6.45) is 4.54. The zero-order valence-corrected chi connectivity index (χ0v) is 11.6. The van der Waals surface area contributed by atoms with Crippen molar-refractivity contribution >= 4 is 11.6 Å². The fourth-order valence-electron chi connectivity index (χ4n) is 1.79. The van der Waals surface area contributed by atoms with Crippen LogP contribution in [0.4, 0.5) is 0 Å². The Morgan fingerprint density at radius 2 is 1.59 bits per heavy atom. The molecule has 0 aliphatic rings. The summed E-state index contributed by atoms with van der Waals surface area (Å²) in [5.41, 5.74) is 0. The Morgan fingerprint density at radius 1 is 0.882 bits per heavy atom. The first-order valence-electron chi connectivity index (χ1n) is 6.89. The molecule has 0 N–H and O–H groups in total. The van der Waals surface area contributed by atoms with E-state index in [9.17, 15) is 9.59 Å². The van der Waals surface area contributed by atoms with E-state index in [1.807, 2.05) is 13.8 Å². The van der Waals surface area contributed by atoms with Gasteiger partial charge in [-0.25, -0.2) is 0 Å². The minimum atomic E-state index is 0.325. The summed E-state index contributed by atoms with van der Waals surface area (Å²) in [5.74, 6) is 0.693. The molecule has 0 aromatic heterocycles. The van der Waals surface area contributed by atoms with Crippen LogP contribution in [0.25, 0.3) is 0 Å². The molecule has 3 heteroatoms. The maximum absolute atomic E-state index is 11.4. The highest BCUT2D eigenvalue weighted by Crippen LogP contribution is 2.02. The second kappa shape index (κ2) is 10.5. The number of nitrogens with zero attached hydrogens (tertiary/aromatic N) is 1. The topological polar surface area (TPSA) is 37.4 Å². The Hall–Kier alpha value is -0.700. The maximum Gasteiger partial charge on any atom is 0.133 e. The molecule has 0 radical (unpaired) electrons. The fraction of sp³-hybridized carbons (Fsp3) is 0.857. The standard InChI is InChI=1S/C14H27NO2/c1-4-8-14(17)9-7-11-15(6-3)12-10-13(16)5-2/h4-12H2,1-3H3. The van der Waals surface area contributed by atoms with Crippen molar-refractivity contribution < 1.29 is 9.59 Å². The van der Waals surface area contributed by atoms with Gasteiger partial charge in [0, 0.05) is 32.2 Å². The monoisotopic (exact) mass is 241 g/mol. The van der Waals surface area contributed by atoms with E-state index in [2.05, 4.69) is 11.8 Å². The third kappa shape index (κ3) is 9.04. The van der Waals surface area contributed by atoms with Crippen molar-refractivity contribution in [3.8, 4) is 0 Å². The summed E-state index contributed by atoms with van der Waals surface area (Å²) < 4.78 is 0. The molecule has 100 valence electrons. The van der Waals surface area contributed by atoms with Gasteiger partial charge in [-0.15, -0.1) is 0 Å². The number of hydrogen-bond acceptors (Lipinski definition) is 3. The molecule has 0 heterocycles. The van der Waals surface area contributed by atoms with E-state index in [1.54, 1.807) is 0 Å². The van der Waals surface area contributed by atoms with Gasteiger partial charge in [0.2, 0.25) is 0 Å². The predicted octanol–water partition coefficient (Wildman–Crippen LogP) is 2.83. The summed E-state index contributed by atoms with van der Waals surface area (Å²) in [6.45, 7) is 8.77. The second-order valence-electron chi connectivity index (χ2n) is 4.47. The van der Waals surface area contributed by atoms with Gasteiger partial charge in [0.25, 0.3) is 0 Å². The highest BCUT2D eigenvalue weighted by molar-refractivity contribution is 5.78. The Morgan fingerprint density at radius 3 is 2.12 bits per heavy atom. The quantitative estimate of drug-likeness (QED) is 0.558. The molecule has 0 aromatic carbocycles. The van der Waals surface area contributed by atoms with Crippen molar-refractivity contribution in [3.05, 3.63) is 0 Å². The number of ketones is 2. The normalized spacial score (nSPS) is 10.8. The number of Topliss-reactive ketones (excluding diaryl/α,β-unsaturated/α-hetero) is 2. The number of hydrogen-bond donors (Lipinski definition) is 0. The fourth-order valence-corrected chi connectivity index (χ4v) is 1.79. The first kappa shape index (κ1) is 16.3. The van der Waals surface area contributed by atoms with Gasteiger partial charge in [-0.3, -0.25) is 9.59 Å². The van der Waals surface area contributed by atoms with Gasteiger partial charge >= 0.3 is 0 Å². The molecular weight excluding hydrogens is 214 g/mol. The van der Waals surface area contributed by atoms with Gasteiger partial charge < -0.3 is 4.90 Å². The third-order valence-electron chi connectivity index (χ3n) is 3.01. The third-order valence-corrected chi connectivity index (χ3v) is 3.01. The summed E-state index contributed by atoms with van der Waals surface area (Å²) >= 11 is 0. The lowest BCUT2D eigenvalue weighted by molar-refractivity contribution is -0.120. The van der Waals surface area contributed by atoms with Gasteiger partial charge in [0.05, 0.1) is 0 Å². The van der Waals surface area contributed by atoms with Crippen LogP contribution in [0.15, 0.2) is 0 Å². The van der Waals surface area contributed by atoms with E-state index in [0.717, 1.165) is 32.5 Å². The largest absolute Gasteiger partial charge is 0.303 e. The Bertz CT molecular complexity index is 226. The zero-order chi connectivity index (χ0) is 13.1. The number of carbonyl (C=O) groups is 2. The van der Waals surface area contributed by atoms with Crippen LogP contribution in [0.5, 0.6) is 0 Å². The van der Waals surface area contributed by atoms with Crippen LogP contribution in [0.1, 0.15) is 59.3 Å². The lowest BCUT2D eigenvalue weighted by atomic mass is 10.1. The zero-order valence-electron chi connectivity index (χ0n) is 11.6. The van der Waals surface area contributed by atoms with Gasteiger partial charge in [0.15, 0.2) is 0 Å². The average molecular weight is 241 g/mol. The lowest BCUT2D eigenvalue weighted by Gasteiger charge is -2.19. The first-order chi connectivity index (χ1) is 8.13. The first-order valence-corrected chi connectivity index (χ1v) is 6.89. The summed E-state index contributed by atoms with van der Waals surface area (Å²) in [6, 6.07) is 0. The van der Waals surface area contributed by atoms with E-state index >= 15 is 0 Å². The van der Waals surface area contributed by atoms with Crippen LogP contribution in [0, 0.1) is 0 Å². The molecule has 0 aromatic rings. The van der Waals surface area contributed by atoms with E-state index in [4.69, 9.17) is 0 Å². The van der Waals surface area contributed by atoms with Crippen LogP contribution < -0.4 is 0 Å². The molecule has 0 amide bonds.